The van der Waals surface area contributed by atoms with Crippen molar-refractivity contribution < 1.29 is 68.1 Å². The van der Waals surface area contributed by atoms with E-state index in [9.17, 15) is 28.8 Å². The topological polar surface area (TPSA) is 176 Å². The summed E-state index contributed by atoms with van der Waals surface area (Å²) in [5, 5.41) is 0. The van der Waals surface area contributed by atoms with Gasteiger partial charge in [0, 0.05) is 13.6 Å². The van der Waals surface area contributed by atoms with Gasteiger partial charge in [0.15, 0.2) is 0 Å². The molecule has 0 heterocycles. The number of unbranched alkanes of at least 4 members (excludes halogenated alkanes) is 14. The summed E-state index contributed by atoms with van der Waals surface area (Å²) in [4.78, 5) is 73.9. The zero-order chi connectivity index (χ0) is 56.0. The van der Waals surface area contributed by atoms with Gasteiger partial charge in [-0.15, -0.1) is 0 Å². The van der Waals surface area contributed by atoms with Crippen LogP contribution in [0, 0.1) is 11.8 Å². The Labute approximate surface area is 464 Å². The molecule has 14 nitrogen and oxygen atoms in total. The van der Waals surface area contributed by atoms with E-state index in [-0.39, 0.29) is 37.1 Å². The Morgan fingerprint density at radius 3 is 0.962 bits per heavy atom. The van der Waals surface area contributed by atoms with E-state index in [2.05, 4.69) is 27.7 Å². The first-order chi connectivity index (χ1) is 38.0. The maximum Gasteiger partial charge on any atom is 0.338 e. The van der Waals surface area contributed by atoms with E-state index in [0.717, 1.165) is 87.9 Å². The Morgan fingerprint density at radius 2 is 0.628 bits per heavy atom. The van der Waals surface area contributed by atoms with Gasteiger partial charge in [0.25, 0.3) is 0 Å². The minimum atomic E-state index is -0.669. The van der Waals surface area contributed by atoms with Crippen molar-refractivity contribution in [3.05, 3.63) is 120 Å². The third-order valence-electron chi connectivity index (χ3n) is 12.9. The van der Waals surface area contributed by atoms with Crippen LogP contribution in [-0.4, -0.2) is 62.2 Å². The molecule has 1 aliphatic rings. The SMILES string of the molecule is CCCCCCCOC(=O)c1ccc(OC(=O)C2CCC(C(=O)Oc3ccc(C(=O)OCCCCCCC)cc3)CC2)cc1.CCCCCCOc1ccc(OC(=O)/C=C\C(=O)Oc2ccc(OCCCCCC)cc2)cc1.[HH]. The molecule has 4 aromatic carbocycles. The van der Waals surface area contributed by atoms with Crippen molar-refractivity contribution in [1.29, 1.82) is 0 Å². The first kappa shape index (κ1) is 63.6. The fourth-order valence-electron chi connectivity index (χ4n) is 8.27. The highest BCUT2D eigenvalue weighted by Crippen LogP contribution is 2.32. The molecule has 0 unspecified atom stereocenters. The summed E-state index contributed by atoms with van der Waals surface area (Å²) in [7, 11) is 0. The molecule has 0 N–H and O–H groups in total. The van der Waals surface area contributed by atoms with E-state index >= 15 is 0 Å². The second-order valence-electron chi connectivity index (χ2n) is 19.5. The van der Waals surface area contributed by atoms with Crippen LogP contribution in [0.3, 0.4) is 0 Å². The van der Waals surface area contributed by atoms with Gasteiger partial charge in [-0.25, -0.2) is 19.2 Å². The molecule has 1 aliphatic carbocycles. The van der Waals surface area contributed by atoms with Gasteiger partial charge >= 0.3 is 35.8 Å². The first-order valence-electron chi connectivity index (χ1n) is 28.6. The van der Waals surface area contributed by atoms with Crippen LogP contribution in [0.25, 0.3) is 0 Å². The average Bonchev–Trinajstić information content (AvgIpc) is 3.45. The Kier molecular flexibility index (Phi) is 31.4. The van der Waals surface area contributed by atoms with E-state index in [1.54, 1.807) is 97.1 Å². The molecular weight excluding hydrogens is 993 g/mol. The maximum absolute atomic E-state index is 12.7. The Morgan fingerprint density at radius 1 is 0.359 bits per heavy atom. The third kappa shape index (κ3) is 26.4. The Bertz CT molecular complexity index is 2210. The summed E-state index contributed by atoms with van der Waals surface area (Å²) in [5.41, 5.74) is 0.834. The first-order valence-corrected chi connectivity index (χ1v) is 28.6. The van der Waals surface area contributed by atoms with Crippen LogP contribution in [0.1, 0.15) is 191 Å². The lowest BCUT2D eigenvalue weighted by Crippen LogP contribution is -2.30. The molecule has 0 aliphatic heterocycles. The number of rotatable bonds is 34. The standard InChI is InChI=1S/C36H48O8.C28H36O6.H2/c1-3-5-7-9-11-25-41-33(37)27-17-21-31(22-18-27)43-35(39)29-13-15-30(16-14-29)36(40)44-32-23-19-28(20-24-32)34(38)42-26-12-10-8-6-4-2;1-3-5-7-9-21-31-23-11-15-25(16-12-23)33-27(29)19-20-28(30)34-26-17-13-24(14-18-26)32-22-10-8-6-4-2;/h17-24,29-30H,3-16,25-26H2,1-2H3;11-20H,3-10,21-22H2,1-2H3;1H/b;20-19-;. The van der Waals surface area contributed by atoms with E-state index in [0.29, 0.717) is 86.2 Å². The summed E-state index contributed by atoms with van der Waals surface area (Å²) in [6.07, 6.45) is 24.1. The fourth-order valence-corrected chi connectivity index (χ4v) is 8.27. The van der Waals surface area contributed by atoms with Crippen molar-refractivity contribution in [2.24, 2.45) is 11.8 Å². The summed E-state index contributed by atoms with van der Waals surface area (Å²) >= 11 is 0. The molecule has 426 valence electrons. The smallest absolute Gasteiger partial charge is 0.338 e. The van der Waals surface area contributed by atoms with Crippen LogP contribution in [-0.2, 0) is 28.7 Å². The predicted octanol–water partition coefficient (Wildman–Crippen LogP) is 15.2. The van der Waals surface area contributed by atoms with E-state index in [1.165, 1.54) is 51.4 Å². The summed E-state index contributed by atoms with van der Waals surface area (Å²) in [6, 6.07) is 26.4. The minimum absolute atomic E-state index is 0. The van der Waals surface area contributed by atoms with Gasteiger partial charge in [-0.05, 0) is 148 Å². The van der Waals surface area contributed by atoms with Crippen molar-refractivity contribution in [3.63, 3.8) is 0 Å². The van der Waals surface area contributed by atoms with Crippen LogP contribution < -0.4 is 28.4 Å². The highest BCUT2D eigenvalue weighted by molar-refractivity contribution is 5.93. The highest BCUT2D eigenvalue weighted by Gasteiger charge is 2.32. The van der Waals surface area contributed by atoms with E-state index in [1.807, 2.05) is 0 Å². The molecule has 78 heavy (non-hydrogen) atoms. The summed E-state index contributed by atoms with van der Waals surface area (Å²) in [6.45, 7) is 10.8. The molecule has 0 radical (unpaired) electrons. The Hall–Kier alpha value is -6.96. The molecule has 14 heteroatoms. The molecule has 0 bridgehead atoms. The number of carbonyl (C=O) groups is 6. The molecular formula is C64H86O14. The molecule has 0 amide bonds. The normalized spacial score (nSPS) is 13.8. The molecule has 4 aromatic rings. The second kappa shape index (κ2) is 38.6. The van der Waals surface area contributed by atoms with Gasteiger partial charge in [0.2, 0.25) is 0 Å². The number of ether oxygens (including phenoxy) is 8. The molecule has 5 rings (SSSR count). The van der Waals surface area contributed by atoms with Gasteiger partial charge < -0.3 is 37.9 Å². The van der Waals surface area contributed by atoms with E-state index < -0.39 is 11.9 Å². The fraction of sp³-hybridized carbons (Fsp3) is 0.500. The highest BCUT2D eigenvalue weighted by atomic mass is 16.6. The van der Waals surface area contributed by atoms with Crippen LogP contribution in [0.15, 0.2) is 109 Å². The zero-order valence-corrected chi connectivity index (χ0v) is 46.6. The van der Waals surface area contributed by atoms with Gasteiger partial charge in [0.1, 0.15) is 34.5 Å². The number of hydrogen-bond donors (Lipinski definition) is 0. The summed E-state index contributed by atoms with van der Waals surface area (Å²) in [5.74, 6) is -0.499. The lowest BCUT2D eigenvalue weighted by molar-refractivity contribution is -0.145. The molecule has 0 atom stereocenters. The van der Waals surface area contributed by atoms with Gasteiger partial charge in [0.05, 0.1) is 49.4 Å². The number of benzene rings is 4. The molecule has 0 saturated heterocycles. The summed E-state index contributed by atoms with van der Waals surface area (Å²) < 4.78 is 43.5. The van der Waals surface area contributed by atoms with Gasteiger partial charge in [-0.1, -0.05) is 118 Å². The average molecular weight is 1080 g/mol. The molecule has 1 fully saturated rings. The number of esters is 6. The second-order valence-corrected chi connectivity index (χ2v) is 19.5. The Balaban J connectivity index is 0.000000424. The van der Waals surface area contributed by atoms with Crippen LogP contribution >= 0.6 is 0 Å². The molecule has 0 spiro atoms. The van der Waals surface area contributed by atoms with Crippen LogP contribution in [0.2, 0.25) is 0 Å². The third-order valence-corrected chi connectivity index (χ3v) is 12.9. The maximum atomic E-state index is 12.7. The van der Waals surface area contributed by atoms with Crippen molar-refractivity contribution in [1.82, 2.24) is 0 Å². The van der Waals surface area contributed by atoms with Crippen molar-refractivity contribution >= 4 is 35.8 Å². The predicted molar refractivity (Wildman–Crippen MR) is 302 cm³/mol. The van der Waals surface area contributed by atoms with Crippen molar-refractivity contribution in [3.8, 4) is 34.5 Å². The van der Waals surface area contributed by atoms with Crippen LogP contribution in [0.4, 0.5) is 0 Å². The number of carbonyl (C=O) groups excluding carboxylic acids is 6. The van der Waals surface area contributed by atoms with Crippen molar-refractivity contribution in [2.75, 3.05) is 26.4 Å². The minimum Gasteiger partial charge on any atom is -0.494 e. The lowest BCUT2D eigenvalue weighted by atomic mass is 9.82. The van der Waals surface area contributed by atoms with Crippen LogP contribution in [0.5, 0.6) is 34.5 Å². The van der Waals surface area contributed by atoms with Crippen molar-refractivity contribution in [2.45, 2.75) is 169 Å². The molecule has 0 aromatic heterocycles. The lowest BCUT2D eigenvalue weighted by Gasteiger charge is -2.25. The zero-order valence-electron chi connectivity index (χ0n) is 46.6. The quantitative estimate of drug-likeness (QED) is 0.0187. The van der Waals surface area contributed by atoms with Gasteiger partial charge in [-0.2, -0.15) is 0 Å². The van der Waals surface area contributed by atoms with Gasteiger partial charge in [-0.3, -0.25) is 9.59 Å². The largest absolute Gasteiger partial charge is 0.494 e. The monoisotopic (exact) mass is 1080 g/mol. The van der Waals surface area contributed by atoms with E-state index in [4.69, 9.17) is 37.9 Å². The molecule has 1 saturated carbocycles. The number of hydrogen-bond acceptors (Lipinski definition) is 14.